The van der Waals surface area contributed by atoms with Crippen molar-refractivity contribution in [2.24, 2.45) is 0 Å². The first kappa shape index (κ1) is 12.8. The molecule has 1 aromatic heterocycles. The van der Waals surface area contributed by atoms with E-state index in [0.717, 1.165) is 30.8 Å². The summed E-state index contributed by atoms with van der Waals surface area (Å²) in [5, 5.41) is 18.5. The van der Waals surface area contributed by atoms with Crippen LogP contribution in [0.1, 0.15) is 36.6 Å². The molecule has 96 valence electrons. The van der Waals surface area contributed by atoms with E-state index in [-0.39, 0.29) is 6.10 Å². The van der Waals surface area contributed by atoms with E-state index < -0.39 is 0 Å². The number of nitrogens with zero attached hydrogens (tertiary/aromatic N) is 3. The fraction of sp³-hybridized carbons (Fsp3) is 0.571. The molecule has 1 unspecified atom stereocenters. The average molecular weight is 245 g/mol. The highest BCUT2D eigenvalue weighted by molar-refractivity contribution is 5.56. The van der Waals surface area contributed by atoms with Gasteiger partial charge in [-0.25, -0.2) is 4.98 Å². The highest BCUT2D eigenvalue weighted by atomic mass is 16.3. The molecule has 1 aliphatic carbocycles. The topological polar surface area (TPSA) is 60.1 Å². The van der Waals surface area contributed by atoms with E-state index in [0.29, 0.717) is 18.5 Å². The maximum Gasteiger partial charge on any atom is 0.146 e. The van der Waals surface area contributed by atoms with E-state index >= 15 is 0 Å². The van der Waals surface area contributed by atoms with Crippen LogP contribution in [0.5, 0.6) is 0 Å². The van der Waals surface area contributed by atoms with Crippen molar-refractivity contribution in [1.29, 1.82) is 5.26 Å². The Morgan fingerprint density at radius 2 is 2.33 bits per heavy atom. The van der Waals surface area contributed by atoms with Crippen LogP contribution in [0.15, 0.2) is 6.07 Å². The zero-order valence-corrected chi connectivity index (χ0v) is 11.0. The monoisotopic (exact) mass is 245 g/mol. The van der Waals surface area contributed by atoms with Crippen LogP contribution in [0.2, 0.25) is 0 Å². The molecule has 18 heavy (non-hydrogen) atoms. The maximum atomic E-state index is 9.32. The van der Waals surface area contributed by atoms with Gasteiger partial charge in [0.1, 0.15) is 11.9 Å². The molecule has 0 spiro atoms. The summed E-state index contributed by atoms with van der Waals surface area (Å²) in [5.74, 6) is 0.749. The molecule has 1 aliphatic rings. The molecular formula is C14H19N3O. The summed E-state index contributed by atoms with van der Waals surface area (Å²) in [6.07, 6.45) is 3.54. The van der Waals surface area contributed by atoms with Gasteiger partial charge in [0.15, 0.2) is 0 Å². The van der Waals surface area contributed by atoms with E-state index in [1.165, 1.54) is 5.56 Å². The van der Waals surface area contributed by atoms with Crippen LogP contribution in [0.25, 0.3) is 0 Å². The molecule has 1 N–H and O–H groups in total. The predicted octanol–water partition coefficient (Wildman–Crippen LogP) is 1.65. The summed E-state index contributed by atoms with van der Waals surface area (Å²) in [5.41, 5.74) is 3.00. The van der Waals surface area contributed by atoms with Crippen LogP contribution < -0.4 is 4.90 Å². The number of aryl methyl sites for hydroxylation is 2. The minimum absolute atomic E-state index is 0.326. The van der Waals surface area contributed by atoms with Crippen molar-refractivity contribution in [3.63, 3.8) is 0 Å². The molecule has 0 fully saturated rings. The van der Waals surface area contributed by atoms with Gasteiger partial charge in [0, 0.05) is 19.3 Å². The SMILES string of the molecule is CC(O)CCN(C)c1nc2c(cc1C#N)CCC2. The van der Waals surface area contributed by atoms with Gasteiger partial charge in [0.25, 0.3) is 0 Å². The zero-order chi connectivity index (χ0) is 13.1. The Kier molecular flexibility index (Phi) is 3.83. The number of aromatic nitrogens is 1. The van der Waals surface area contributed by atoms with Gasteiger partial charge in [0.2, 0.25) is 0 Å². The predicted molar refractivity (Wildman–Crippen MR) is 70.5 cm³/mol. The quantitative estimate of drug-likeness (QED) is 0.876. The molecule has 0 aromatic carbocycles. The molecule has 0 aliphatic heterocycles. The summed E-state index contributed by atoms with van der Waals surface area (Å²) >= 11 is 0. The normalized spacial score (nSPS) is 15.0. The Balaban J connectivity index is 2.24. The van der Waals surface area contributed by atoms with E-state index in [1.54, 1.807) is 6.92 Å². The van der Waals surface area contributed by atoms with Crippen LogP contribution >= 0.6 is 0 Å². The minimum atomic E-state index is -0.326. The summed E-state index contributed by atoms with van der Waals surface area (Å²) in [4.78, 5) is 6.59. The number of hydrogen-bond acceptors (Lipinski definition) is 4. The first-order valence-electron chi connectivity index (χ1n) is 6.44. The number of anilines is 1. The fourth-order valence-corrected chi connectivity index (χ4v) is 2.32. The Morgan fingerprint density at radius 3 is 3.00 bits per heavy atom. The van der Waals surface area contributed by atoms with E-state index in [4.69, 9.17) is 0 Å². The molecule has 1 atom stereocenters. The second-order valence-electron chi connectivity index (χ2n) is 4.99. The third-order valence-electron chi connectivity index (χ3n) is 3.40. The van der Waals surface area contributed by atoms with Crippen LogP contribution in [0.3, 0.4) is 0 Å². The second-order valence-corrected chi connectivity index (χ2v) is 4.99. The van der Waals surface area contributed by atoms with E-state index in [1.807, 2.05) is 18.0 Å². The molecule has 0 saturated heterocycles. The number of nitriles is 1. The van der Waals surface area contributed by atoms with Crippen molar-refractivity contribution in [2.75, 3.05) is 18.5 Å². The number of pyridine rings is 1. The number of rotatable bonds is 4. The van der Waals surface area contributed by atoms with E-state index in [9.17, 15) is 10.4 Å². The first-order valence-corrected chi connectivity index (χ1v) is 6.44. The van der Waals surface area contributed by atoms with Crippen LogP contribution in [-0.4, -0.2) is 29.8 Å². The number of hydrogen-bond donors (Lipinski definition) is 1. The Bertz CT molecular complexity index is 477. The van der Waals surface area contributed by atoms with Crippen molar-refractivity contribution < 1.29 is 5.11 Å². The standard InChI is InChI=1S/C14H19N3O/c1-10(18)6-7-17(2)14-12(9-15)8-11-4-3-5-13(11)16-14/h8,10,18H,3-7H2,1-2H3. The lowest BCUT2D eigenvalue weighted by molar-refractivity contribution is 0.187. The molecular weight excluding hydrogens is 226 g/mol. The summed E-state index contributed by atoms with van der Waals surface area (Å²) in [6.45, 7) is 2.48. The maximum absolute atomic E-state index is 9.32. The van der Waals surface area contributed by atoms with Gasteiger partial charge in [-0.3, -0.25) is 0 Å². The highest BCUT2D eigenvalue weighted by Gasteiger charge is 2.18. The summed E-state index contributed by atoms with van der Waals surface area (Å²) in [6, 6.07) is 4.20. The Hall–Kier alpha value is -1.60. The van der Waals surface area contributed by atoms with Gasteiger partial charge in [-0.05, 0) is 44.2 Å². The fourth-order valence-electron chi connectivity index (χ4n) is 2.32. The number of aliphatic hydroxyl groups excluding tert-OH is 1. The third kappa shape index (κ3) is 2.62. The second kappa shape index (κ2) is 5.36. The molecule has 2 rings (SSSR count). The van der Waals surface area contributed by atoms with Gasteiger partial charge in [-0.15, -0.1) is 0 Å². The van der Waals surface area contributed by atoms with Gasteiger partial charge in [-0.1, -0.05) is 0 Å². The van der Waals surface area contributed by atoms with Crippen molar-refractivity contribution >= 4 is 5.82 Å². The highest BCUT2D eigenvalue weighted by Crippen LogP contribution is 2.26. The summed E-state index contributed by atoms with van der Waals surface area (Å²) < 4.78 is 0. The first-order chi connectivity index (χ1) is 8.61. The lowest BCUT2D eigenvalue weighted by Crippen LogP contribution is -2.24. The Morgan fingerprint density at radius 1 is 1.56 bits per heavy atom. The van der Waals surface area contributed by atoms with Gasteiger partial charge in [0.05, 0.1) is 11.7 Å². The molecule has 1 heterocycles. The molecule has 0 radical (unpaired) electrons. The zero-order valence-electron chi connectivity index (χ0n) is 11.0. The molecule has 0 bridgehead atoms. The lowest BCUT2D eigenvalue weighted by atomic mass is 10.1. The molecule has 1 aromatic rings. The van der Waals surface area contributed by atoms with Gasteiger partial charge >= 0.3 is 0 Å². The molecule has 0 saturated carbocycles. The van der Waals surface area contributed by atoms with Crippen LogP contribution in [0, 0.1) is 11.3 Å². The average Bonchev–Trinajstić information content (AvgIpc) is 2.81. The van der Waals surface area contributed by atoms with Gasteiger partial charge < -0.3 is 10.0 Å². The van der Waals surface area contributed by atoms with Crippen molar-refractivity contribution in [3.05, 3.63) is 22.9 Å². The number of fused-ring (bicyclic) bond motifs is 1. The van der Waals surface area contributed by atoms with Gasteiger partial charge in [-0.2, -0.15) is 5.26 Å². The van der Waals surface area contributed by atoms with Crippen molar-refractivity contribution in [3.8, 4) is 6.07 Å². The Labute approximate surface area is 108 Å². The van der Waals surface area contributed by atoms with Crippen LogP contribution in [-0.2, 0) is 12.8 Å². The lowest BCUT2D eigenvalue weighted by Gasteiger charge is -2.21. The van der Waals surface area contributed by atoms with E-state index in [2.05, 4.69) is 11.1 Å². The molecule has 4 heteroatoms. The number of aliphatic hydroxyl groups is 1. The molecule has 0 amide bonds. The third-order valence-corrected chi connectivity index (χ3v) is 3.40. The van der Waals surface area contributed by atoms with Crippen molar-refractivity contribution in [1.82, 2.24) is 4.98 Å². The summed E-state index contributed by atoms with van der Waals surface area (Å²) in [7, 11) is 1.92. The smallest absolute Gasteiger partial charge is 0.146 e. The minimum Gasteiger partial charge on any atom is -0.393 e. The van der Waals surface area contributed by atoms with Crippen molar-refractivity contribution in [2.45, 2.75) is 38.7 Å². The largest absolute Gasteiger partial charge is 0.393 e. The molecule has 4 nitrogen and oxygen atoms in total. The van der Waals surface area contributed by atoms with Crippen LogP contribution in [0.4, 0.5) is 5.82 Å².